The average Bonchev–Trinajstić information content (AvgIpc) is 1.98. The van der Waals surface area contributed by atoms with E-state index in [0.29, 0.717) is 10.8 Å². The molecule has 0 nitrogen and oxygen atoms in total. The second-order valence-corrected chi connectivity index (χ2v) is 7.03. The Morgan fingerprint density at radius 2 is 0.611 bits per heavy atom. The summed E-state index contributed by atoms with van der Waals surface area (Å²) in [5, 5.41) is 0. The van der Waals surface area contributed by atoms with Gasteiger partial charge in [0, 0.05) is 0 Å². The van der Waals surface area contributed by atoms with Crippen molar-refractivity contribution < 1.29 is 0 Å². The molecule has 0 saturated heterocycles. The third-order valence-corrected chi connectivity index (χ3v) is 5.70. The van der Waals surface area contributed by atoms with Gasteiger partial charge in [0.25, 0.3) is 0 Å². The number of hydrogen-bond donors (Lipinski definition) is 0. The van der Waals surface area contributed by atoms with Gasteiger partial charge in [0.2, 0.25) is 0 Å². The van der Waals surface area contributed by atoms with E-state index in [1.807, 2.05) is 0 Å². The molecule has 0 radical (unpaired) electrons. The van der Waals surface area contributed by atoms with Crippen LogP contribution in [0.25, 0.3) is 0 Å². The molecule has 0 aromatic heterocycles. The smallest absolute Gasteiger partial charge is 0.0118 e. The Labute approximate surface area is 119 Å². The van der Waals surface area contributed by atoms with Gasteiger partial charge in [0.05, 0.1) is 0 Å². The summed E-state index contributed by atoms with van der Waals surface area (Å²) in [6, 6.07) is 0. The molecule has 0 aliphatic heterocycles. The van der Waals surface area contributed by atoms with Crippen molar-refractivity contribution in [1.82, 2.24) is 0 Å². The zero-order valence-corrected chi connectivity index (χ0v) is 11.2. The summed E-state index contributed by atoms with van der Waals surface area (Å²) in [5.74, 6) is 0. The summed E-state index contributed by atoms with van der Waals surface area (Å²) in [5.41, 5.74) is 1.20. The van der Waals surface area contributed by atoms with Crippen LogP contribution in [0.5, 0.6) is 0 Å². The Morgan fingerprint density at radius 1 is 0.444 bits per heavy atom. The van der Waals surface area contributed by atoms with Crippen molar-refractivity contribution in [3.63, 3.8) is 0 Å². The third-order valence-electron chi connectivity index (χ3n) is 5.70. The lowest BCUT2D eigenvalue weighted by atomic mass is 9.44. The molecular weight excluding hydrogens is 216 g/mol. The zero-order valence-electron chi connectivity index (χ0n) is 11.2. The molecule has 0 heteroatoms. The van der Waals surface area contributed by atoms with Crippen LogP contribution in [0.2, 0.25) is 0 Å². The molecule has 0 spiro atoms. The summed E-state index contributed by atoms with van der Waals surface area (Å²) in [4.78, 5) is 0. The van der Waals surface area contributed by atoms with Gasteiger partial charge in [-0.2, -0.15) is 0 Å². The Balaban J connectivity index is -0.000000245. The van der Waals surface area contributed by atoms with Crippen LogP contribution in [0, 0.1) is 21.7 Å². The van der Waals surface area contributed by atoms with E-state index in [-0.39, 0.29) is 40.5 Å². The standard InChI is InChI=1S/C14H26.4CH4/c1-11(2)9-10-12(3,4)14(7,8)13(11,5)6;;;;/h9-10H,1-8H3;4*1H4. The zero-order chi connectivity index (χ0) is 11.4. The van der Waals surface area contributed by atoms with Crippen molar-refractivity contribution in [2.75, 3.05) is 0 Å². The van der Waals surface area contributed by atoms with E-state index in [4.69, 9.17) is 0 Å². The SMILES string of the molecule is C.C.C.C.CC1(C)C=CC(C)(C)C(C)(C)C1(C)C. The second kappa shape index (κ2) is 6.26. The van der Waals surface area contributed by atoms with E-state index >= 15 is 0 Å². The normalized spacial score (nSPS) is 24.4. The molecule has 18 heavy (non-hydrogen) atoms. The van der Waals surface area contributed by atoms with Gasteiger partial charge in [-0.1, -0.05) is 97.2 Å². The van der Waals surface area contributed by atoms with Gasteiger partial charge in [0.15, 0.2) is 0 Å². The second-order valence-electron chi connectivity index (χ2n) is 7.03. The summed E-state index contributed by atoms with van der Waals surface area (Å²) in [6.45, 7) is 19.0. The van der Waals surface area contributed by atoms with E-state index in [1.165, 1.54) is 0 Å². The summed E-state index contributed by atoms with van der Waals surface area (Å²) >= 11 is 0. The van der Waals surface area contributed by atoms with Crippen LogP contribution in [0.4, 0.5) is 0 Å². The van der Waals surface area contributed by atoms with Crippen LogP contribution in [0.15, 0.2) is 12.2 Å². The molecule has 0 atom stereocenters. The monoisotopic (exact) mass is 258 g/mol. The minimum Gasteiger partial charge on any atom is -0.0817 e. The van der Waals surface area contributed by atoms with Gasteiger partial charge in [0.1, 0.15) is 0 Å². The third kappa shape index (κ3) is 3.00. The molecule has 0 heterocycles. The lowest BCUT2D eigenvalue weighted by molar-refractivity contribution is -0.0684. The van der Waals surface area contributed by atoms with Crippen molar-refractivity contribution in [2.45, 2.75) is 85.1 Å². The van der Waals surface area contributed by atoms with Crippen molar-refractivity contribution >= 4 is 0 Å². The first-order valence-electron chi connectivity index (χ1n) is 5.66. The molecular formula is C18H42. The Morgan fingerprint density at radius 3 is 0.778 bits per heavy atom. The lowest BCUT2D eigenvalue weighted by Gasteiger charge is -2.60. The molecule has 0 bridgehead atoms. The van der Waals surface area contributed by atoms with Gasteiger partial charge >= 0.3 is 0 Å². The van der Waals surface area contributed by atoms with E-state index in [2.05, 4.69) is 67.5 Å². The van der Waals surface area contributed by atoms with Crippen molar-refractivity contribution in [2.24, 2.45) is 21.7 Å². The molecule has 0 fully saturated rings. The minimum absolute atomic E-state index is 0. The molecule has 0 saturated carbocycles. The molecule has 1 aliphatic carbocycles. The fourth-order valence-corrected chi connectivity index (χ4v) is 2.44. The summed E-state index contributed by atoms with van der Waals surface area (Å²) in [6.07, 6.45) is 4.80. The van der Waals surface area contributed by atoms with E-state index < -0.39 is 0 Å². The van der Waals surface area contributed by atoms with Crippen molar-refractivity contribution in [3.05, 3.63) is 12.2 Å². The molecule has 114 valence electrons. The van der Waals surface area contributed by atoms with Crippen LogP contribution in [0.1, 0.15) is 85.1 Å². The Kier molecular flexibility index (Phi) is 9.16. The first kappa shape index (κ1) is 26.3. The van der Waals surface area contributed by atoms with Gasteiger partial charge in [-0.25, -0.2) is 0 Å². The maximum atomic E-state index is 2.40. The maximum absolute atomic E-state index is 2.40. The molecule has 1 rings (SSSR count). The van der Waals surface area contributed by atoms with Crippen LogP contribution in [-0.4, -0.2) is 0 Å². The quantitative estimate of drug-likeness (QED) is 0.403. The Hall–Kier alpha value is -0.260. The first-order valence-corrected chi connectivity index (χ1v) is 5.66. The van der Waals surface area contributed by atoms with Crippen LogP contribution < -0.4 is 0 Å². The molecule has 0 unspecified atom stereocenters. The van der Waals surface area contributed by atoms with Gasteiger partial charge < -0.3 is 0 Å². The summed E-state index contributed by atoms with van der Waals surface area (Å²) in [7, 11) is 0. The average molecular weight is 259 g/mol. The van der Waals surface area contributed by atoms with E-state index in [0.717, 1.165) is 0 Å². The number of hydrogen-bond acceptors (Lipinski definition) is 0. The first-order chi connectivity index (χ1) is 5.96. The topological polar surface area (TPSA) is 0 Å². The highest BCUT2D eigenvalue weighted by Crippen LogP contribution is 2.62. The number of allylic oxidation sites excluding steroid dienone is 2. The molecule has 0 N–H and O–H groups in total. The highest BCUT2D eigenvalue weighted by atomic mass is 14.6. The van der Waals surface area contributed by atoms with Crippen LogP contribution in [-0.2, 0) is 0 Å². The van der Waals surface area contributed by atoms with E-state index in [1.54, 1.807) is 0 Å². The van der Waals surface area contributed by atoms with Gasteiger partial charge in [-0.05, 0) is 21.7 Å². The highest BCUT2D eigenvalue weighted by Gasteiger charge is 2.55. The molecule has 0 aromatic rings. The van der Waals surface area contributed by atoms with Crippen molar-refractivity contribution in [3.8, 4) is 0 Å². The number of rotatable bonds is 0. The lowest BCUT2D eigenvalue weighted by Crippen LogP contribution is -2.53. The fourth-order valence-electron chi connectivity index (χ4n) is 2.44. The summed E-state index contributed by atoms with van der Waals surface area (Å²) < 4.78 is 0. The highest BCUT2D eigenvalue weighted by molar-refractivity contribution is 5.20. The minimum atomic E-state index is 0. The maximum Gasteiger partial charge on any atom is -0.0118 e. The predicted molar refractivity (Wildman–Crippen MR) is 91.2 cm³/mol. The van der Waals surface area contributed by atoms with Crippen LogP contribution >= 0.6 is 0 Å². The molecule has 0 aromatic carbocycles. The van der Waals surface area contributed by atoms with Crippen LogP contribution in [0.3, 0.4) is 0 Å². The van der Waals surface area contributed by atoms with E-state index in [9.17, 15) is 0 Å². The molecule has 0 amide bonds. The largest absolute Gasteiger partial charge is 0.0817 e. The van der Waals surface area contributed by atoms with Crippen molar-refractivity contribution in [1.29, 1.82) is 0 Å². The van der Waals surface area contributed by atoms with Gasteiger partial charge in [-0.15, -0.1) is 0 Å². The fraction of sp³-hybridized carbons (Fsp3) is 0.889. The Bertz CT molecular complexity index is 234. The molecule has 1 aliphatic rings. The van der Waals surface area contributed by atoms with Gasteiger partial charge in [-0.3, -0.25) is 0 Å². The predicted octanol–water partition coefficient (Wildman–Crippen LogP) is 7.21.